The molecule has 4 nitrogen and oxygen atoms in total. The van der Waals surface area contributed by atoms with E-state index in [1.54, 1.807) is 0 Å². The van der Waals surface area contributed by atoms with Crippen LogP contribution in [0.1, 0.15) is 25.7 Å². The fraction of sp³-hybridized carbons (Fsp3) is 0.889. The Bertz CT molecular complexity index is 227. The van der Waals surface area contributed by atoms with Gasteiger partial charge < -0.3 is 16.4 Å². The first-order valence-corrected chi connectivity index (χ1v) is 4.84. The molecule has 0 spiro atoms. The quantitative estimate of drug-likeness (QED) is 0.571. The van der Waals surface area contributed by atoms with Crippen LogP contribution in [0.4, 0.5) is 0 Å². The molecule has 2 heterocycles. The summed E-state index contributed by atoms with van der Waals surface area (Å²) < 4.78 is 0. The third kappa shape index (κ3) is 1.25. The zero-order chi connectivity index (χ0) is 9.64. The minimum absolute atomic E-state index is 0.336. The lowest BCUT2D eigenvalue weighted by Crippen LogP contribution is -2.61. The van der Waals surface area contributed by atoms with E-state index in [0.29, 0.717) is 12.1 Å². The molecule has 3 atom stereocenters. The molecule has 0 aromatic heterocycles. The summed E-state index contributed by atoms with van der Waals surface area (Å²) in [7, 11) is 2.11. The molecule has 0 aliphatic carbocycles. The topological polar surface area (TPSA) is 72.3 Å². The second-order valence-electron chi connectivity index (χ2n) is 4.48. The number of nitrogens with zero attached hydrogens (tertiary/aromatic N) is 1. The lowest BCUT2D eigenvalue weighted by molar-refractivity contribution is -0.125. The highest BCUT2D eigenvalue weighted by atomic mass is 16.1. The van der Waals surface area contributed by atoms with Gasteiger partial charge in [-0.15, -0.1) is 0 Å². The molecule has 2 aliphatic heterocycles. The molecular weight excluding hydrogens is 166 g/mol. The molecule has 4 heteroatoms. The van der Waals surface area contributed by atoms with Crippen molar-refractivity contribution in [2.45, 2.75) is 43.3 Å². The van der Waals surface area contributed by atoms with Crippen molar-refractivity contribution < 1.29 is 4.79 Å². The Morgan fingerprint density at radius 2 is 1.85 bits per heavy atom. The third-order valence-electron chi connectivity index (χ3n) is 3.68. The summed E-state index contributed by atoms with van der Waals surface area (Å²) in [6.45, 7) is 0. The van der Waals surface area contributed by atoms with Gasteiger partial charge in [0.05, 0.1) is 5.54 Å². The highest BCUT2D eigenvalue weighted by Crippen LogP contribution is 2.38. The van der Waals surface area contributed by atoms with Gasteiger partial charge in [0, 0.05) is 12.1 Å². The standard InChI is InChI=1S/C9H17N3O/c1-12-6-2-3-7(12)5-9(11,4-6)8(10)13/h6-7H,2-5,11H2,1H3,(H2,10,13)/t6-,7+,9?. The average molecular weight is 183 g/mol. The molecule has 1 unspecified atom stereocenters. The molecule has 2 aliphatic rings. The van der Waals surface area contributed by atoms with Crippen molar-refractivity contribution in [3.63, 3.8) is 0 Å². The second-order valence-corrected chi connectivity index (χ2v) is 4.48. The molecule has 1 amide bonds. The number of rotatable bonds is 1. The van der Waals surface area contributed by atoms with E-state index in [1.807, 2.05) is 0 Å². The number of fused-ring (bicyclic) bond motifs is 2. The second kappa shape index (κ2) is 2.69. The Hall–Kier alpha value is -0.610. The van der Waals surface area contributed by atoms with Gasteiger partial charge in [-0.05, 0) is 32.7 Å². The SMILES string of the molecule is CN1[C@@H]2CC[C@H]1CC(N)(C(N)=O)C2. The van der Waals surface area contributed by atoms with Crippen molar-refractivity contribution in [3.8, 4) is 0 Å². The summed E-state index contributed by atoms with van der Waals surface area (Å²) in [6, 6.07) is 0.937. The van der Waals surface area contributed by atoms with Gasteiger partial charge in [0.1, 0.15) is 0 Å². The van der Waals surface area contributed by atoms with Gasteiger partial charge in [-0.1, -0.05) is 0 Å². The highest BCUT2D eigenvalue weighted by molar-refractivity contribution is 5.84. The number of carbonyl (C=O) groups is 1. The van der Waals surface area contributed by atoms with Crippen LogP contribution in [0.5, 0.6) is 0 Å². The maximum Gasteiger partial charge on any atom is 0.237 e. The van der Waals surface area contributed by atoms with Crippen LogP contribution in [0.2, 0.25) is 0 Å². The zero-order valence-corrected chi connectivity index (χ0v) is 7.99. The smallest absolute Gasteiger partial charge is 0.237 e. The van der Waals surface area contributed by atoms with E-state index in [-0.39, 0.29) is 5.91 Å². The lowest BCUT2D eigenvalue weighted by Gasteiger charge is -2.41. The van der Waals surface area contributed by atoms with Gasteiger partial charge >= 0.3 is 0 Å². The molecule has 4 N–H and O–H groups in total. The largest absolute Gasteiger partial charge is 0.368 e. The number of hydrogen-bond acceptors (Lipinski definition) is 3. The fourth-order valence-electron chi connectivity index (χ4n) is 2.71. The van der Waals surface area contributed by atoms with E-state index in [2.05, 4.69) is 11.9 Å². The van der Waals surface area contributed by atoms with Crippen LogP contribution in [0.3, 0.4) is 0 Å². The van der Waals surface area contributed by atoms with Gasteiger partial charge in [-0.2, -0.15) is 0 Å². The van der Waals surface area contributed by atoms with E-state index >= 15 is 0 Å². The van der Waals surface area contributed by atoms with Gasteiger partial charge in [-0.3, -0.25) is 4.79 Å². The van der Waals surface area contributed by atoms with Crippen LogP contribution in [0.15, 0.2) is 0 Å². The van der Waals surface area contributed by atoms with Gasteiger partial charge in [0.25, 0.3) is 0 Å². The third-order valence-corrected chi connectivity index (χ3v) is 3.68. The van der Waals surface area contributed by atoms with Crippen molar-refractivity contribution in [2.24, 2.45) is 11.5 Å². The van der Waals surface area contributed by atoms with E-state index in [4.69, 9.17) is 11.5 Å². The summed E-state index contributed by atoms with van der Waals surface area (Å²) in [5.74, 6) is -0.336. The summed E-state index contributed by atoms with van der Waals surface area (Å²) >= 11 is 0. The maximum absolute atomic E-state index is 11.2. The van der Waals surface area contributed by atoms with Gasteiger partial charge in [0.2, 0.25) is 5.91 Å². The van der Waals surface area contributed by atoms with E-state index in [9.17, 15) is 4.79 Å². The molecule has 0 aromatic carbocycles. The lowest BCUT2D eigenvalue weighted by atomic mass is 9.83. The van der Waals surface area contributed by atoms with Crippen LogP contribution in [0, 0.1) is 0 Å². The van der Waals surface area contributed by atoms with Crippen molar-refractivity contribution in [1.82, 2.24) is 4.90 Å². The normalized spacial score (nSPS) is 45.1. The number of nitrogens with two attached hydrogens (primary N) is 2. The first kappa shape index (κ1) is 8.97. The van der Waals surface area contributed by atoms with Crippen LogP contribution in [-0.2, 0) is 4.79 Å². The molecule has 2 saturated heterocycles. The molecule has 2 rings (SSSR count). The Morgan fingerprint density at radius 3 is 2.23 bits per heavy atom. The monoisotopic (exact) mass is 183 g/mol. The van der Waals surface area contributed by atoms with Crippen molar-refractivity contribution in [1.29, 1.82) is 0 Å². The minimum Gasteiger partial charge on any atom is -0.368 e. The van der Waals surface area contributed by atoms with Gasteiger partial charge in [0.15, 0.2) is 0 Å². The van der Waals surface area contributed by atoms with Crippen LogP contribution >= 0.6 is 0 Å². The molecule has 0 aromatic rings. The summed E-state index contributed by atoms with van der Waals surface area (Å²) in [4.78, 5) is 13.5. The number of amides is 1. The van der Waals surface area contributed by atoms with Gasteiger partial charge in [-0.25, -0.2) is 0 Å². The van der Waals surface area contributed by atoms with Crippen molar-refractivity contribution in [2.75, 3.05) is 7.05 Å². The maximum atomic E-state index is 11.2. The minimum atomic E-state index is -0.738. The molecule has 13 heavy (non-hydrogen) atoms. The van der Waals surface area contributed by atoms with E-state index in [1.165, 1.54) is 0 Å². The predicted octanol–water partition coefficient (Wildman–Crippen LogP) is -0.574. The van der Waals surface area contributed by atoms with Crippen LogP contribution in [-0.4, -0.2) is 35.5 Å². The average Bonchev–Trinajstić information content (AvgIpc) is 2.33. The predicted molar refractivity (Wildman–Crippen MR) is 49.9 cm³/mol. The van der Waals surface area contributed by atoms with Crippen molar-refractivity contribution >= 4 is 5.91 Å². The van der Waals surface area contributed by atoms with E-state index < -0.39 is 5.54 Å². The van der Waals surface area contributed by atoms with Crippen LogP contribution in [0.25, 0.3) is 0 Å². The van der Waals surface area contributed by atoms with Crippen molar-refractivity contribution in [3.05, 3.63) is 0 Å². The molecule has 74 valence electrons. The zero-order valence-electron chi connectivity index (χ0n) is 7.99. The van der Waals surface area contributed by atoms with E-state index in [0.717, 1.165) is 25.7 Å². The fourth-order valence-corrected chi connectivity index (χ4v) is 2.71. The number of primary amides is 1. The molecule has 0 radical (unpaired) electrons. The summed E-state index contributed by atoms with van der Waals surface area (Å²) in [6.07, 6.45) is 3.78. The highest BCUT2D eigenvalue weighted by Gasteiger charge is 2.47. The number of hydrogen-bond donors (Lipinski definition) is 2. The number of piperidine rings is 1. The first-order valence-electron chi connectivity index (χ1n) is 4.84. The first-order chi connectivity index (χ1) is 6.03. The summed E-state index contributed by atoms with van der Waals surface area (Å²) in [5, 5.41) is 0. The Kier molecular flexibility index (Phi) is 1.85. The number of carbonyl (C=O) groups excluding carboxylic acids is 1. The van der Waals surface area contributed by atoms with Crippen LogP contribution < -0.4 is 11.5 Å². The Labute approximate surface area is 78.2 Å². The molecular formula is C9H17N3O. The molecule has 0 saturated carbocycles. The molecule has 2 fully saturated rings. The summed E-state index contributed by atoms with van der Waals surface area (Å²) in [5.41, 5.74) is 10.6. The Morgan fingerprint density at radius 1 is 1.38 bits per heavy atom. The molecule has 2 bridgehead atoms. The Balaban J connectivity index is 2.19.